The highest BCUT2D eigenvalue weighted by molar-refractivity contribution is 6.33. The van der Waals surface area contributed by atoms with Gasteiger partial charge in [0.05, 0.1) is 22.8 Å². The van der Waals surface area contributed by atoms with Crippen LogP contribution in [-0.2, 0) is 11.3 Å². The Labute approximate surface area is 228 Å². The first-order valence-corrected chi connectivity index (χ1v) is 12.0. The van der Waals surface area contributed by atoms with Gasteiger partial charge in [0.1, 0.15) is 24.0 Å². The molecule has 2 heterocycles. The largest absolute Gasteiger partial charge is 0.406 e. The van der Waals surface area contributed by atoms with Crippen molar-refractivity contribution in [3.63, 3.8) is 0 Å². The van der Waals surface area contributed by atoms with Crippen molar-refractivity contribution >= 4 is 45.7 Å². The molecular formula is C26H21ClF5N5O3. The molecule has 0 unspecified atom stereocenters. The second kappa shape index (κ2) is 11.9. The van der Waals surface area contributed by atoms with E-state index in [1.807, 2.05) is 0 Å². The smallest absolute Gasteiger partial charge is 0.383 e. The fourth-order valence-corrected chi connectivity index (χ4v) is 4.13. The first-order chi connectivity index (χ1) is 18.9. The molecule has 0 radical (unpaired) electrons. The lowest BCUT2D eigenvalue weighted by molar-refractivity contribution is -0.140. The third kappa shape index (κ3) is 6.85. The van der Waals surface area contributed by atoms with E-state index in [9.17, 15) is 31.5 Å². The van der Waals surface area contributed by atoms with Crippen molar-refractivity contribution in [2.45, 2.75) is 12.7 Å². The number of amides is 2. The Bertz CT molecular complexity index is 1630. The van der Waals surface area contributed by atoms with Crippen LogP contribution in [-0.4, -0.2) is 42.0 Å². The fraction of sp³-hybridized carbons (Fsp3) is 0.192. The number of hydrogen-bond acceptors (Lipinski definition) is 5. The van der Waals surface area contributed by atoms with E-state index in [1.165, 1.54) is 37.6 Å². The van der Waals surface area contributed by atoms with E-state index in [1.54, 1.807) is 0 Å². The molecule has 8 nitrogen and oxygen atoms in total. The molecule has 0 spiro atoms. The van der Waals surface area contributed by atoms with Gasteiger partial charge in [-0.2, -0.15) is 13.2 Å². The summed E-state index contributed by atoms with van der Waals surface area (Å²) in [5.74, 6) is -1.37. The van der Waals surface area contributed by atoms with E-state index in [-0.39, 0.29) is 38.6 Å². The Hall–Kier alpha value is -4.23. The SMILES string of the molecule is COCCNc1cc2c(cn1)cc(-c1cc(NC(=O)Nc3cccc(F)c3)c(F)cc1Cl)c(=O)n2CC(F)(F)F. The topological polar surface area (TPSA) is 97.3 Å². The van der Waals surface area contributed by atoms with Crippen LogP contribution in [0.1, 0.15) is 0 Å². The van der Waals surface area contributed by atoms with Gasteiger partial charge in [-0.1, -0.05) is 17.7 Å². The van der Waals surface area contributed by atoms with Gasteiger partial charge in [0, 0.05) is 48.1 Å². The molecule has 0 bridgehead atoms. The molecule has 0 saturated heterocycles. The quantitative estimate of drug-likeness (QED) is 0.169. The number of anilines is 3. The first kappa shape index (κ1) is 28.8. The van der Waals surface area contributed by atoms with Crippen molar-refractivity contribution in [2.75, 3.05) is 36.2 Å². The average molecular weight is 582 g/mol. The zero-order chi connectivity index (χ0) is 29.0. The molecule has 4 aromatic rings. The highest BCUT2D eigenvalue weighted by Gasteiger charge is 2.30. The third-order valence-corrected chi connectivity index (χ3v) is 5.92. The third-order valence-electron chi connectivity index (χ3n) is 5.61. The van der Waals surface area contributed by atoms with Gasteiger partial charge in [0.25, 0.3) is 5.56 Å². The molecule has 0 aliphatic heterocycles. The van der Waals surface area contributed by atoms with E-state index < -0.39 is 41.6 Å². The fourth-order valence-electron chi connectivity index (χ4n) is 3.88. The number of nitrogens with one attached hydrogen (secondary N) is 3. The summed E-state index contributed by atoms with van der Waals surface area (Å²) in [4.78, 5) is 30.0. The number of ether oxygens (including phenoxy) is 1. The minimum Gasteiger partial charge on any atom is -0.383 e. The summed E-state index contributed by atoms with van der Waals surface area (Å²) in [6, 6.07) is 8.44. The van der Waals surface area contributed by atoms with E-state index in [4.69, 9.17) is 16.3 Å². The molecule has 2 aromatic carbocycles. The Balaban J connectivity index is 1.77. The predicted octanol–water partition coefficient (Wildman–Crippen LogP) is 6.26. The second-order valence-electron chi connectivity index (χ2n) is 8.51. The number of nitrogens with zero attached hydrogens (tertiary/aromatic N) is 2. The zero-order valence-electron chi connectivity index (χ0n) is 20.7. The van der Waals surface area contributed by atoms with Gasteiger partial charge < -0.3 is 20.7 Å². The van der Waals surface area contributed by atoms with Gasteiger partial charge in [0.15, 0.2) is 0 Å². The number of aromatic nitrogens is 2. The van der Waals surface area contributed by atoms with Crippen LogP contribution in [0, 0.1) is 11.6 Å². The van der Waals surface area contributed by atoms with Crippen LogP contribution >= 0.6 is 11.6 Å². The summed E-state index contributed by atoms with van der Waals surface area (Å²) in [6.45, 7) is -0.976. The number of urea groups is 1. The van der Waals surface area contributed by atoms with Crippen molar-refractivity contribution in [3.05, 3.63) is 81.7 Å². The maximum atomic E-state index is 14.7. The van der Waals surface area contributed by atoms with Gasteiger partial charge in [0.2, 0.25) is 0 Å². The van der Waals surface area contributed by atoms with Crippen LogP contribution < -0.4 is 21.5 Å². The number of methoxy groups -OCH3 is 1. The van der Waals surface area contributed by atoms with Crippen LogP contribution in [0.2, 0.25) is 5.02 Å². The summed E-state index contributed by atoms with van der Waals surface area (Å²) in [6.07, 6.45) is -3.47. The molecule has 0 aliphatic carbocycles. The van der Waals surface area contributed by atoms with E-state index in [2.05, 4.69) is 20.9 Å². The summed E-state index contributed by atoms with van der Waals surface area (Å²) in [7, 11) is 1.48. The van der Waals surface area contributed by atoms with Crippen LogP contribution in [0.3, 0.4) is 0 Å². The normalized spacial score (nSPS) is 11.5. The van der Waals surface area contributed by atoms with Crippen LogP contribution in [0.5, 0.6) is 0 Å². The monoisotopic (exact) mass is 581 g/mol. The summed E-state index contributed by atoms with van der Waals surface area (Å²) in [5, 5.41) is 7.34. The molecule has 40 heavy (non-hydrogen) atoms. The van der Waals surface area contributed by atoms with Gasteiger partial charge in [-0.3, -0.25) is 9.36 Å². The molecule has 4 rings (SSSR count). The lowest BCUT2D eigenvalue weighted by Crippen LogP contribution is -2.29. The number of benzene rings is 2. The van der Waals surface area contributed by atoms with Crippen molar-refractivity contribution in [2.24, 2.45) is 0 Å². The molecule has 0 aliphatic rings. The lowest BCUT2D eigenvalue weighted by Gasteiger charge is -2.17. The van der Waals surface area contributed by atoms with Crippen molar-refractivity contribution < 1.29 is 31.5 Å². The predicted molar refractivity (Wildman–Crippen MR) is 142 cm³/mol. The van der Waals surface area contributed by atoms with Crippen molar-refractivity contribution in [1.82, 2.24) is 9.55 Å². The Morgan fingerprint density at radius 3 is 2.55 bits per heavy atom. The molecular weight excluding hydrogens is 561 g/mol. The number of carbonyl (C=O) groups excluding carboxylic acids is 1. The Morgan fingerprint density at radius 2 is 1.85 bits per heavy atom. The molecule has 14 heteroatoms. The summed E-state index contributed by atoms with van der Waals surface area (Å²) >= 11 is 6.21. The number of fused-ring (bicyclic) bond motifs is 1. The number of hydrogen-bond donors (Lipinski definition) is 3. The van der Waals surface area contributed by atoms with Gasteiger partial charge in [-0.15, -0.1) is 0 Å². The van der Waals surface area contributed by atoms with E-state index >= 15 is 0 Å². The van der Waals surface area contributed by atoms with E-state index in [0.717, 1.165) is 24.3 Å². The standard InChI is InChI=1S/C26H21ClF5N5O3/c1-40-6-5-33-23-11-22-14(12-34-23)7-18(24(38)37(22)13-26(30,31)32)17-9-21(20(29)10-19(17)27)36-25(39)35-16-4-2-3-15(28)8-16/h2-4,7-12H,5-6,13H2,1H3,(H,33,34)(H2,35,36,39). The molecule has 2 amide bonds. The zero-order valence-corrected chi connectivity index (χ0v) is 21.5. The highest BCUT2D eigenvalue weighted by Crippen LogP contribution is 2.33. The van der Waals surface area contributed by atoms with Crippen molar-refractivity contribution in [3.8, 4) is 11.1 Å². The number of pyridine rings is 2. The van der Waals surface area contributed by atoms with E-state index in [0.29, 0.717) is 17.7 Å². The van der Waals surface area contributed by atoms with Gasteiger partial charge >= 0.3 is 12.2 Å². The molecule has 2 aromatic heterocycles. The second-order valence-corrected chi connectivity index (χ2v) is 8.92. The average Bonchev–Trinajstić information content (AvgIpc) is 2.87. The molecule has 0 fully saturated rings. The van der Waals surface area contributed by atoms with Crippen LogP contribution in [0.25, 0.3) is 22.0 Å². The number of alkyl halides is 3. The summed E-state index contributed by atoms with van der Waals surface area (Å²) < 4.78 is 74.1. The first-order valence-electron chi connectivity index (χ1n) is 11.6. The van der Waals surface area contributed by atoms with Crippen LogP contribution in [0.4, 0.5) is 43.9 Å². The van der Waals surface area contributed by atoms with Gasteiger partial charge in [-0.05, 0) is 36.4 Å². The number of rotatable bonds is 8. The highest BCUT2D eigenvalue weighted by atomic mass is 35.5. The minimum absolute atomic E-state index is 0.0490. The number of carbonyl (C=O) groups is 1. The van der Waals surface area contributed by atoms with Crippen molar-refractivity contribution in [1.29, 1.82) is 0 Å². The maximum absolute atomic E-state index is 14.7. The molecule has 0 saturated carbocycles. The minimum atomic E-state index is -4.75. The molecule has 3 N–H and O–H groups in total. The van der Waals surface area contributed by atoms with Crippen LogP contribution in [0.15, 0.2) is 59.5 Å². The number of halogens is 6. The molecule has 210 valence electrons. The lowest BCUT2D eigenvalue weighted by atomic mass is 10.0. The molecule has 0 atom stereocenters. The maximum Gasteiger partial charge on any atom is 0.406 e. The summed E-state index contributed by atoms with van der Waals surface area (Å²) in [5.41, 5.74) is -1.85. The Morgan fingerprint density at radius 1 is 1.07 bits per heavy atom. The Kier molecular flexibility index (Phi) is 8.55. The van der Waals surface area contributed by atoms with Gasteiger partial charge in [-0.25, -0.2) is 18.6 Å².